The van der Waals surface area contributed by atoms with Crippen LogP contribution in [0.15, 0.2) is 12.1 Å². The van der Waals surface area contributed by atoms with Crippen molar-refractivity contribution in [2.45, 2.75) is 6.92 Å². The van der Waals surface area contributed by atoms with Crippen LogP contribution < -0.4 is 5.32 Å². The summed E-state index contributed by atoms with van der Waals surface area (Å²) in [6, 6.07) is 2.45. The van der Waals surface area contributed by atoms with Gasteiger partial charge in [-0.15, -0.1) is 0 Å². The predicted octanol–water partition coefficient (Wildman–Crippen LogP) is 0.576. The molecule has 1 aromatic rings. The van der Waals surface area contributed by atoms with Crippen LogP contribution in [0.3, 0.4) is 0 Å². The van der Waals surface area contributed by atoms with Crippen LogP contribution in [0, 0.1) is 0 Å². The maximum atomic E-state index is 11.8. The van der Waals surface area contributed by atoms with Crippen LogP contribution >= 0.6 is 0 Å². The van der Waals surface area contributed by atoms with E-state index in [-0.39, 0.29) is 28.5 Å². The molecule has 88 valence electrons. The highest BCUT2D eigenvalue weighted by Crippen LogP contribution is 2.32. The number of imide groups is 1. The van der Waals surface area contributed by atoms with Crippen molar-refractivity contribution < 1.29 is 19.5 Å². The Morgan fingerprint density at radius 3 is 2.53 bits per heavy atom. The van der Waals surface area contributed by atoms with Gasteiger partial charge in [-0.25, -0.2) is 0 Å². The molecule has 2 N–H and O–H groups in total. The van der Waals surface area contributed by atoms with Gasteiger partial charge in [-0.3, -0.25) is 19.3 Å². The second-order valence-electron chi connectivity index (χ2n) is 3.77. The first-order chi connectivity index (χ1) is 7.91. The van der Waals surface area contributed by atoms with Gasteiger partial charge in [0.05, 0.1) is 16.8 Å². The van der Waals surface area contributed by atoms with Gasteiger partial charge < -0.3 is 10.4 Å². The lowest BCUT2D eigenvalue weighted by atomic mass is 10.1. The monoisotopic (exact) mass is 234 g/mol. The molecular formula is C11H10N2O4. The molecule has 0 aliphatic carbocycles. The normalized spacial score (nSPS) is 13.9. The minimum absolute atomic E-state index is 0.0984. The fourth-order valence-corrected chi connectivity index (χ4v) is 1.75. The molecule has 0 spiro atoms. The van der Waals surface area contributed by atoms with E-state index in [9.17, 15) is 19.5 Å². The van der Waals surface area contributed by atoms with Crippen LogP contribution in [0.4, 0.5) is 5.69 Å². The first-order valence-electron chi connectivity index (χ1n) is 4.89. The van der Waals surface area contributed by atoms with Gasteiger partial charge in [0.25, 0.3) is 11.8 Å². The Kier molecular flexibility index (Phi) is 2.35. The number of nitrogens with one attached hydrogen (secondary N) is 1. The van der Waals surface area contributed by atoms with E-state index in [0.717, 1.165) is 4.90 Å². The number of phenolic OH excluding ortho intramolecular Hbond substituents is 1. The van der Waals surface area contributed by atoms with E-state index in [2.05, 4.69) is 5.32 Å². The van der Waals surface area contributed by atoms with Gasteiger partial charge in [0.2, 0.25) is 5.91 Å². The van der Waals surface area contributed by atoms with E-state index >= 15 is 0 Å². The Labute approximate surface area is 96.8 Å². The quantitative estimate of drug-likeness (QED) is 0.696. The predicted molar refractivity (Wildman–Crippen MR) is 58.8 cm³/mol. The molecule has 0 bridgehead atoms. The highest BCUT2D eigenvalue weighted by Gasteiger charge is 2.35. The molecule has 0 saturated carbocycles. The average molecular weight is 234 g/mol. The highest BCUT2D eigenvalue weighted by molar-refractivity contribution is 6.24. The fourth-order valence-electron chi connectivity index (χ4n) is 1.75. The van der Waals surface area contributed by atoms with Crippen molar-refractivity contribution >= 4 is 23.4 Å². The van der Waals surface area contributed by atoms with Crippen LogP contribution in [-0.4, -0.2) is 34.8 Å². The summed E-state index contributed by atoms with van der Waals surface area (Å²) >= 11 is 0. The van der Waals surface area contributed by atoms with E-state index in [1.165, 1.54) is 26.1 Å². The number of hydrogen-bond donors (Lipinski definition) is 2. The Morgan fingerprint density at radius 2 is 1.94 bits per heavy atom. The molecule has 6 heteroatoms. The van der Waals surface area contributed by atoms with Crippen molar-refractivity contribution in [2.75, 3.05) is 12.4 Å². The Morgan fingerprint density at radius 1 is 1.29 bits per heavy atom. The minimum atomic E-state index is -0.493. The first-order valence-corrected chi connectivity index (χ1v) is 4.89. The zero-order valence-electron chi connectivity index (χ0n) is 9.27. The Balaban J connectivity index is 2.65. The summed E-state index contributed by atoms with van der Waals surface area (Å²) < 4.78 is 0. The summed E-state index contributed by atoms with van der Waals surface area (Å²) in [4.78, 5) is 35.4. The van der Waals surface area contributed by atoms with E-state index in [1.807, 2.05) is 0 Å². The maximum absolute atomic E-state index is 11.8. The molecule has 1 heterocycles. The van der Waals surface area contributed by atoms with E-state index < -0.39 is 11.8 Å². The van der Waals surface area contributed by atoms with Crippen LogP contribution in [0.2, 0.25) is 0 Å². The van der Waals surface area contributed by atoms with Gasteiger partial charge in [0.15, 0.2) is 0 Å². The molecule has 1 aliphatic rings. The van der Waals surface area contributed by atoms with Crippen molar-refractivity contribution in [1.29, 1.82) is 0 Å². The molecule has 1 aromatic carbocycles. The van der Waals surface area contributed by atoms with E-state index in [4.69, 9.17) is 0 Å². The average Bonchev–Trinajstić information content (AvgIpc) is 2.43. The number of carbonyl (C=O) groups is 3. The molecule has 6 nitrogen and oxygen atoms in total. The molecule has 0 atom stereocenters. The van der Waals surface area contributed by atoms with Gasteiger partial charge in [0, 0.05) is 20.0 Å². The summed E-state index contributed by atoms with van der Waals surface area (Å²) in [6.07, 6.45) is 0. The van der Waals surface area contributed by atoms with Gasteiger partial charge >= 0.3 is 0 Å². The van der Waals surface area contributed by atoms with Gasteiger partial charge in [-0.05, 0) is 6.07 Å². The number of amides is 3. The van der Waals surface area contributed by atoms with Crippen molar-refractivity contribution in [3.8, 4) is 5.75 Å². The lowest BCUT2D eigenvalue weighted by Gasteiger charge is -2.07. The summed E-state index contributed by atoms with van der Waals surface area (Å²) in [6.45, 7) is 1.28. The number of fused-ring (bicyclic) bond motifs is 1. The first kappa shape index (κ1) is 11.1. The Hall–Kier alpha value is -2.37. The Bertz CT molecular complexity index is 551. The molecule has 3 amide bonds. The van der Waals surface area contributed by atoms with Crippen molar-refractivity contribution in [3.63, 3.8) is 0 Å². The number of aromatic hydroxyl groups is 1. The van der Waals surface area contributed by atoms with Crippen LogP contribution in [-0.2, 0) is 4.79 Å². The molecule has 0 aromatic heterocycles. The number of rotatable bonds is 1. The second-order valence-corrected chi connectivity index (χ2v) is 3.77. The van der Waals surface area contributed by atoms with Gasteiger partial charge in [-0.2, -0.15) is 0 Å². The van der Waals surface area contributed by atoms with Crippen molar-refractivity contribution in [3.05, 3.63) is 23.3 Å². The number of carbonyl (C=O) groups excluding carboxylic acids is 3. The number of hydrogen-bond acceptors (Lipinski definition) is 4. The molecular weight excluding hydrogens is 224 g/mol. The number of benzene rings is 1. The standard InChI is InChI=1S/C11H10N2O4/c1-5(14)12-8-4-6(15)3-7-9(8)11(17)13(2)10(7)16/h3-4,15H,1-2H3,(H,12,14). The van der Waals surface area contributed by atoms with Gasteiger partial charge in [-0.1, -0.05) is 0 Å². The molecule has 0 radical (unpaired) electrons. The lowest BCUT2D eigenvalue weighted by molar-refractivity contribution is -0.114. The molecule has 0 unspecified atom stereocenters. The summed E-state index contributed by atoms with van der Waals surface area (Å²) in [5.41, 5.74) is 0.363. The maximum Gasteiger partial charge on any atom is 0.263 e. The fraction of sp³-hybridized carbons (Fsp3) is 0.182. The largest absolute Gasteiger partial charge is 0.508 e. The molecule has 0 fully saturated rings. The van der Waals surface area contributed by atoms with Crippen molar-refractivity contribution in [1.82, 2.24) is 4.90 Å². The van der Waals surface area contributed by atoms with Crippen molar-refractivity contribution in [2.24, 2.45) is 0 Å². The zero-order chi connectivity index (χ0) is 12.7. The molecule has 2 rings (SSSR count). The molecule has 1 aliphatic heterocycles. The second kappa shape index (κ2) is 3.58. The van der Waals surface area contributed by atoms with Crippen LogP contribution in [0.5, 0.6) is 5.75 Å². The summed E-state index contributed by atoms with van der Waals surface area (Å²) in [5.74, 6) is -1.54. The smallest absolute Gasteiger partial charge is 0.263 e. The summed E-state index contributed by atoms with van der Waals surface area (Å²) in [7, 11) is 1.35. The lowest BCUT2D eigenvalue weighted by Crippen LogP contribution is -2.24. The number of anilines is 1. The SMILES string of the molecule is CC(=O)Nc1cc(O)cc2c1C(=O)N(C)C2=O. The third kappa shape index (κ3) is 1.63. The van der Waals surface area contributed by atoms with Gasteiger partial charge in [0.1, 0.15) is 5.75 Å². The molecule has 0 saturated heterocycles. The minimum Gasteiger partial charge on any atom is -0.508 e. The number of nitrogens with zero attached hydrogens (tertiary/aromatic N) is 1. The third-order valence-electron chi connectivity index (χ3n) is 2.49. The summed E-state index contributed by atoms with van der Waals surface area (Å²) in [5, 5.41) is 11.9. The number of phenols is 1. The van der Waals surface area contributed by atoms with Crippen LogP contribution in [0.25, 0.3) is 0 Å². The zero-order valence-corrected chi connectivity index (χ0v) is 9.27. The van der Waals surface area contributed by atoms with Crippen LogP contribution in [0.1, 0.15) is 27.6 Å². The molecule has 17 heavy (non-hydrogen) atoms. The van der Waals surface area contributed by atoms with E-state index in [1.54, 1.807) is 0 Å². The third-order valence-corrected chi connectivity index (χ3v) is 2.49. The topological polar surface area (TPSA) is 86.7 Å². The van der Waals surface area contributed by atoms with E-state index in [0.29, 0.717) is 0 Å². The highest BCUT2D eigenvalue weighted by atomic mass is 16.3.